The van der Waals surface area contributed by atoms with Gasteiger partial charge in [0.2, 0.25) is 5.88 Å². The highest BCUT2D eigenvalue weighted by molar-refractivity contribution is 5.95. The average molecular weight is 521 g/mol. The predicted molar refractivity (Wildman–Crippen MR) is 144 cm³/mol. The lowest BCUT2D eigenvalue weighted by atomic mass is 9.79. The summed E-state index contributed by atoms with van der Waals surface area (Å²) in [6, 6.07) is 19.1. The average Bonchev–Trinajstić information content (AvgIpc) is 3.76. The van der Waals surface area contributed by atoms with Crippen LogP contribution < -0.4 is 14.8 Å². The standard InChI is InChI=1S/C31H28N4O4/c1-19-15-34-29(39-18-31(17-33)11-12-31)27-26(23-10-9-22(14-32)13-24(23)37-3)25(20(2)35-28(19)27)30(36)38-16-21-7-5-4-6-8-21/h4-10,13,15,26,35H,11-12,16,18H2,1-3H3. The van der Waals surface area contributed by atoms with Gasteiger partial charge < -0.3 is 19.5 Å². The van der Waals surface area contributed by atoms with Gasteiger partial charge in [0.15, 0.2) is 0 Å². The highest BCUT2D eigenvalue weighted by Crippen LogP contribution is 2.50. The van der Waals surface area contributed by atoms with Crippen molar-refractivity contribution in [3.63, 3.8) is 0 Å². The highest BCUT2D eigenvalue weighted by Gasteiger charge is 2.45. The molecule has 0 saturated heterocycles. The minimum atomic E-state index is -0.660. The van der Waals surface area contributed by atoms with Gasteiger partial charge in [0.25, 0.3) is 0 Å². The van der Waals surface area contributed by atoms with Crippen LogP contribution in [0.2, 0.25) is 0 Å². The van der Waals surface area contributed by atoms with Crippen LogP contribution >= 0.6 is 0 Å². The maximum atomic E-state index is 13.8. The van der Waals surface area contributed by atoms with E-state index in [9.17, 15) is 15.3 Å². The number of hydrogen-bond acceptors (Lipinski definition) is 8. The Morgan fingerprint density at radius 3 is 2.59 bits per heavy atom. The van der Waals surface area contributed by atoms with Gasteiger partial charge in [-0.15, -0.1) is 0 Å². The lowest BCUT2D eigenvalue weighted by Gasteiger charge is -2.33. The number of methoxy groups -OCH3 is 1. The molecule has 2 heterocycles. The van der Waals surface area contributed by atoms with Crippen LogP contribution in [0.4, 0.5) is 5.69 Å². The number of hydrogen-bond donors (Lipinski definition) is 1. The molecule has 1 N–H and O–H groups in total. The lowest BCUT2D eigenvalue weighted by molar-refractivity contribution is -0.140. The number of nitrogens with zero attached hydrogens (tertiary/aromatic N) is 3. The summed E-state index contributed by atoms with van der Waals surface area (Å²) in [6.45, 7) is 4.08. The molecule has 1 saturated carbocycles. The fraction of sp³-hybridized carbons (Fsp3) is 0.290. The number of carbonyl (C=O) groups excluding carboxylic acids is 1. The zero-order valence-corrected chi connectivity index (χ0v) is 22.1. The maximum absolute atomic E-state index is 13.8. The first kappa shape index (κ1) is 25.8. The van der Waals surface area contributed by atoms with E-state index in [0.717, 1.165) is 29.7 Å². The number of esters is 1. The van der Waals surface area contributed by atoms with E-state index in [4.69, 9.17) is 14.2 Å². The van der Waals surface area contributed by atoms with Gasteiger partial charge in [-0.05, 0) is 49.9 Å². The molecule has 8 heteroatoms. The molecule has 1 aliphatic heterocycles. The molecule has 1 atom stereocenters. The van der Waals surface area contributed by atoms with Crippen molar-refractivity contribution in [3.05, 3.63) is 93.8 Å². The second kappa shape index (κ2) is 10.5. The molecule has 1 aliphatic carbocycles. The molecule has 3 aromatic rings. The number of pyridine rings is 1. The molecular weight excluding hydrogens is 492 g/mol. The Kier molecular flexibility index (Phi) is 6.96. The van der Waals surface area contributed by atoms with Crippen LogP contribution in [0.1, 0.15) is 53.5 Å². The number of aromatic nitrogens is 1. The molecule has 1 fully saturated rings. The number of anilines is 1. The summed E-state index contributed by atoms with van der Waals surface area (Å²) in [7, 11) is 1.53. The molecule has 0 radical (unpaired) electrons. The summed E-state index contributed by atoms with van der Waals surface area (Å²) in [6.07, 6.45) is 3.27. The van der Waals surface area contributed by atoms with Crippen molar-refractivity contribution < 1.29 is 19.0 Å². The topological polar surface area (TPSA) is 117 Å². The number of allylic oxidation sites excluding steroid dienone is 1. The van der Waals surface area contributed by atoms with Gasteiger partial charge in [0, 0.05) is 17.5 Å². The van der Waals surface area contributed by atoms with Crippen LogP contribution in [-0.2, 0) is 16.1 Å². The number of nitriles is 2. The quantitative estimate of drug-likeness (QED) is 0.386. The van der Waals surface area contributed by atoms with E-state index in [1.807, 2.05) is 44.2 Å². The SMILES string of the molecule is COc1cc(C#N)ccc1C1C(C(=O)OCc2ccccc2)=C(C)Nc2c(C)cnc(OCC3(C#N)CC3)c21. The van der Waals surface area contributed by atoms with Crippen molar-refractivity contribution in [1.82, 2.24) is 4.98 Å². The minimum absolute atomic E-state index is 0.112. The molecular formula is C31H28N4O4. The van der Waals surface area contributed by atoms with Crippen LogP contribution in [-0.4, -0.2) is 24.7 Å². The zero-order valence-electron chi connectivity index (χ0n) is 22.1. The van der Waals surface area contributed by atoms with E-state index < -0.39 is 17.3 Å². The summed E-state index contributed by atoms with van der Waals surface area (Å²) in [4.78, 5) is 18.3. The molecule has 0 bridgehead atoms. The van der Waals surface area contributed by atoms with Crippen LogP contribution in [0.25, 0.3) is 0 Å². The number of aryl methyl sites for hydroxylation is 1. The van der Waals surface area contributed by atoms with Gasteiger partial charge in [0.05, 0.1) is 53.0 Å². The first-order valence-electron chi connectivity index (χ1n) is 12.7. The Morgan fingerprint density at radius 2 is 1.92 bits per heavy atom. The van der Waals surface area contributed by atoms with Crippen molar-refractivity contribution in [2.45, 2.75) is 39.2 Å². The van der Waals surface area contributed by atoms with Crippen molar-refractivity contribution in [3.8, 4) is 23.8 Å². The highest BCUT2D eigenvalue weighted by atomic mass is 16.5. The monoisotopic (exact) mass is 520 g/mol. The minimum Gasteiger partial charge on any atom is -0.496 e. The third kappa shape index (κ3) is 5.02. The lowest BCUT2D eigenvalue weighted by Crippen LogP contribution is -2.26. The predicted octanol–water partition coefficient (Wildman–Crippen LogP) is 5.53. The number of benzene rings is 2. The smallest absolute Gasteiger partial charge is 0.337 e. The van der Waals surface area contributed by atoms with E-state index in [-0.39, 0.29) is 13.2 Å². The molecule has 196 valence electrons. The number of fused-ring (bicyclic) bond motifs is 1. The Balaban J connectivity index is 1.63. The van der Waals surface area contributed by atoms with E-state index in [0.29, 0.717) is 39.6 Å². The number of carbonyl (C=O) groups is 1. The van der Waals surface area contributed by atoms with Gasteiger partial charge in [0.1, 0.15) is 19.0 Å². The molecule has 2 aromatic carbocycles. The van der Waals surface area contributed by atoms with Crippen LogP contribution in [0, 0.1) is 35.0 Å². The third-order valence-electron chi connectivity index (χ3n) is 7.25. The van der Waals surface area contributed by atoms with Crippen molar-refractivity contribution >= 4 is 11.7 Å². The third-order valence-corrected chi connectivity index (χ3v) is 7.25. The van der Waals surface area contributed by atoms with E-state index in [1.54, 1.807) is 24.4 Å². The van der Waals surface area contributed by atoms with E-state index in [1.165, 1.54) is 7.11 Å². The van der Waals surface area contributed by atoms with Gasteiger partial charge in [-0.25, -0.2) is 9.78 Å². The van der Waals surface area contributed by atoms with Gasteiger partial charge in [-0.1, -0.05) is 36.4 Å². The first-order chi connectivity index (χ1) is 18.9. The Bertz CT molecular complexity index is 1550. The number of rotatable bonds is 8. The fourth-order valence-electron chi connectivity index (χ4n) is 4.82. The molecule has 39 heavy (non-hydrogen) atoms. The zero-order chi connectivity index (χ0) is 27.6. The molecule has 1 unspecified atom stereocenters. The van der Waals surface area contributed by atoms with Crippen molar-refractivity contribution in [2.24, 2.45) is 5.41 Å². The van der Waals surface area contributed by atoms with Gasteiger partial charge in [-0.2, -0.15) is 10.5 Å². The first-order valence-corrected chi connectivity index (χ1v) is 12.7. The van der Waals surface area contributed by atoms with E-state index in [2.05, 4.69) is 22.4 Å². The second-order valence-electron chi connectivity index (χ2n) is 9.94. The summed E-state index contributed by atoms with van der Waals surface area (Å²) < 4.78 is 17.7. The molecule has 1 aromatic heterocycles. The largest absolute Gasteiger partial charge is 0.496 e. The Hall–Kier alpha value is -4.82. The molecule has 8 nitrogen and oxygen atoms in total. The molecule has 0 amide bonds. The maximum Gasteiger partial charge on any atom is 0.337 e. The van der Waals surface area contributed by atoms with Crippen LogP contribution in [0.3, 0.4) is 0 Å². The summed E-state index contributed by atoms with van der Waals surface area (Å²) in [5.74, 6) is -0.362. The molecule has 5 rings (SSSR count). The number of nitrogens with one attached hydrogen (secondary N) is 1. The van der Waals surface area contributed by atoms with Crippen LogP contribution in [0.15, 0.2) is 66.0 Å². The molecule has 2 aliphatic rings. The molecule has 0 spiro atoms. The summed E-state index contributed by atoms with van der Waals surface area (Å²) >= 11 is 0. The summed E-state index contributed by atoms with van der Waals surface area (Å²) in [5, 5.41) is 22.5. The van der Waals surface area contributed by atoms with Crippen LogP contribution in [0.5, 0.6) is 11.6 Å². The second-order valence-corrected chi connectivity index (χ2v) is 9.94. The van der Waals surface area contributed by atoms with Crippen molar-refractivity contribution in [2.75, 3.05) is 19.0 Å². The Labute approximate surface area is 227 Å². The normalized spacial score (nSPS) is 16.7. The van der Waals surface area contributed by atoms with Gasteiger partial charge in [-0.3, -0.25) is 0 Å². The summed E-state index contributed by atoms with van der Waals surface area (Å²) in [5.41, 5.74) is 4.78. The number of ether oxygens (including phenoxy) is 3. The van der Waals surface area contributed by atoms with E-state index >= 15 is 0 Å². The van der Waals surface area contributed by atoms with Gasteiger partial charge >= 0.3 is 5.97 Å². The van der Waals surface area contributed by atoms with Crippen molar-refractivity contribution in [1.29, 1.82) is 10.5 Å². The Morgan fingerprint density at radius 1 is 1.15 bits per heavy atom. The fourth-order valence-corrected chi connectivity index (χ4v) is 4.82.